The summed E-state index contributed by atoms with van der Waals surface area (Å²) >= 11 is 0. The summed E-state index contributed by atoms with van der Waals surface area (Å²) in [7, 11) is 2.20. The summed E-state index contributed by atoms with van der Waals surface area (Å²) in [6.07, 6.45) is 6.26. The maximum absolute atomic E-state index is 12.4. The summed E-state index contributed by atoms with van der Waals surface area (Å²) in [4.78, 5) is 12.4. The van der Waals surface area contributed by atoms with Gasteiger partial charge in [0.1, 0.15) is 6.10 Å². The number of carbonyl (C=O) groups excluding carboxylic acids is 1. The van der Waals surface area contributed by atoms with Crippen LogP contribution >= 0.6 is 0 Å². The molecule has 1 heterocycles. The summed E-state index contributed by atoms with van der Waals surface area (Å²) in [6, 6.07) is 0. The molecule has 2 aliphatic carbocycles. The highest BCUT2D eigenvalue weighted by Crippen LogP contribution is 2.66. The Hall–Kier alpha value is -0.570. The number of likely N-dealkylation sites (N-methyl/N-ethyl adjacent to an activating group) is 1. The molecule has 0 spiro atoms. The van der Waals surface area contributed by atoms with Gasteiger partial charge in [-0.25, -0.2) is 4.79 Å². The van der Waals surface area contributed by atoms with Crippen molar-refractivity contribution in [2.45, 2.75) is 59.0 Å². The van der Waals surface area contributed by atoms with Gasteiger partial charge >= 0.3 is 5.97 Å². The molecule has 0 unspecified atom stereocenters. The van der Waals surface area contributed by atoms with Crippen LogP contribution in [0.4, 0.5) is 0 Å². The zero-order valence-electron chi connectivity index (χ0n) is 13.6. The molecule has 3 rings (SSSR count). The number of esters is 1. The van der Waals surface area contributed by atoms with Crippen molar-refractivity contribution in [1.29, 1.82) is 0 Å². The molecule has 20 heavy (non-hydrogen) atoms. The van der Waals surface area contributed by atoms with Crippen molar-refractivity contribution >= 4 is 5.97 Å². The number of fused-ring (bicyclic) bond motifs is 2. The van der Waals surface area contributed by atoms with Crippen molar-refractivity contribution in [2.75, 3.05) is 26.7 Å². The van der Waals surface area contributed by atoms with Crippen LogP contribution in [-0.4, -0.2) is 43.2 Å². The maximum atomic E-state index is 12.4. The third-order valence-electron chi connectivity index (χ3n) is 7.14. The summed E-state index contributed by atoms with van der Waals surface area (Å²) in [5, 5.41) is 0. The Morgan fingerprint density at radius 3 is 2.40 bits per heavy atom. The third-order valence-corrected chi connectivity index (χ3v) is 7.14. The van der Waals surface area contributed by atoms with Gasteiger partial charge in [0, 0.05) is 18.3 Å². The van der Waals surface area contributed by atoms with E-state index < -0.39 is 0 Å². The lowest BCUT2D eigenvalue weighted by molar-refractivity contribution is -0.890. The van der Waals surface area contributed by atoms with Crippen molar-refractivity contribution in [3.63, 3.8) is 0 Å². The van der Waals surface area contributed by atoms with Gasteiger partial charge in [-0.3, -0.25) is 0 Å². The van der Waals surface area contributed by atoms with Gasteiger partial charge in [-0.1, -0.05) is 20.8 Å². The Morgan fingerprint density at radius 2 is 1.90 bits per heavy atom. The van der Waals surface area contributed by atoms with Crippen LogP contribution in [0.15, 0.2) is 0 Å². The predicted octanol–water partition coefficient (Wildman–Crippen LogP) is 2.98. The fourth-order valence-corrected chi connectivity index (χ4v) is 5.07. The summed E-state index contributed by atoms with van der Waals surface area (Å²) in [5.41, 5.74) is 0.515. The SMILES string of the molecule is CC1(C)[C@H]2CC[C@@]1(C)[C@H](OC(=O)C[N+]1(C)CCCC1)C2. The molecule has 0 aromatic carbocycles. The van der Waals surface area contributed by atoms with Crippen molar-refractivity contribution in [2.24, 2.45) is 16.7 Å². The molecular formula is C17H30NO2+. The van der Waals surface area contributed by atoms with E-state index in [0.717, 1.165) is 29.9 Å². The fraction of sp³-hybridized carbons (Fsp3) is 0.941. The minimum atomic E-state index is 0.0315. The number of hydrogen-bond donors (Lipinski definition) is 0. The normalized spacial score (nSPS) is 41.0. The highest BCUT2D eigenvalue weighted by molar-refractivity contribution is 5.71. The topological polar surface area (TPSA) is 26.3 Å². The zero-order valence-corrected chi connectivity index (χ0v) is 13.6. The smallest absolute Gasteiger partial charge is 0.362 e. The van der Waals surface area contributed by atoms with Crippen LogP contribution in [0.25, 0.3) is 0 Å². The van der Waals surface area contributed by atoms with E-state index in [1.807, 2.05) is 0 Å². The van der Waals surface area contributed by atoms with E-state index in [2.05, 4.69) is 27.8 Å². The van der Waals surface area contributed by atoms with Crippen molar-refractivity contribution in [3.8, 4) is 0 Å². The van der Waals surface area contributed by atoms with Gasteiger partial charge < -0.3 is 9.22 Å². The number of rotatable bonds is 3. The van der Waals surface area contributed by atoms with Gasteiger partial charge in [0.15, 0.2) is 6.54 Å². The van der Waals surface area contributed by atoms with E-state index in [9.17, 15) is 4.79 Å². The molecule has 3 atom stereocenters. The Labute approximate surface area is 123 Å². The van der Waals surface area contributed by atoms with Crippen LogP contribution in [0.5, 0.6) is 0 Å². The third kappa shape index (κ3) is 2.01. The molecule has 1 aliphatic heterocycles. The molecule has 2 saturated carbocycles. The Balaban J connectivity index is 1.63. The molecule has 2 bridgehead atoms. The lowest BCUT2D eigenvalue weighted by Gasteiger charge is -2.38. The second-order valence-corrected chi connectivity index (χ2v) is 8.52. The molecule has 0 amide bonds. The van der Waals surface area contributed by atoms with Crippen LogP contribution in [0.3, 0.4) is 0 Å². The summed E-state index contributed by atoms with van der Waals surface area (Å²) in [5.74, 6) is 0.769. The minimum absolute atomic E-state index is 0.0315. The molecule has 3 fully saturated rings. The average molecular weight is 280 g/mol. The van der Waals surface area contributed by atoms with E-state index in [-0.39, 0.29) is 17.5 Å². The van der Waals surface area contributed by atoms with Crippen molar-refractivity contribution in [3.05, 3.63) is 0 Å². The molecule has 3 aliphatic rings. The first-order valence-corrected chi connectivity index (χ1v) is 8.30. The first kappa shape index (κ1) is 14.4. The zero-order chi connectivity index (χ0) is 14.6. The number of ether oxygens (including phenoxy) is 1. The van der Waals surface area contributed by atoms with Gasteiger partial charge in [-0.05, 0) is 30.6 Å². The van der Waals surface area contributed by atoms with Crippen LogP contribution in [-0.2, 0) is 9.53 Å². The highest BCUT2D eigenvalue weighted by Gasteiger charge is 2.63. The van der Waals surface area contributed by atoms with Crippen molar-refractivity contribution in [1.82, 2.24) is 0 Å². The molecule has 0 aromatic heterocycles. The number of nitrogens with zero attached hydrogens (tertiary/aromatic N) is 1. The molecular weight excluding hydrogens is 250 g/mol. The lowest BCUT2D eigenvalue weighted by atomic mass is 9.70. The quantitative estimate of drug-likeness (QED) is 0.587. The van der Waals surface area contributed by atoms with E-state index in [1.165, 1.54) is 25.7 Å². The molecule has 114 valence electrons. The van der Waals surface area contributed by atoms with Gasteiger partial charge in [-0.15, -0.1) is 0 Å². The Kier molecular flexibility index (Phi) is 3.20. The van der Waals surface area contributed by atoms with E-state index >= 15 is 0 Å². The second kappa shape index (κ2) is 4.46. The molecule has 3 nitrogen and oxygen atoms in total. The van der Waals surface area contributed by atoms with E-state index in [1.54, 1.807) is 0 Å². The van der Waals surface area contributed by atoms with Gasteiger partial charge in [0.2, 0.25) is 0 Å². The number of carbonyl (C=O) groups is 1. The van der Waals surface area contributed by atoms with Crippen molar-refractivity contribution < 1.29 is 14.0 Å². The van der Waals surface area contributed by atoms with Crippen LogP contribution in [0, 0.1) is 16.7 Å². The molecule has 1 saturated heterocycles. The predicted molar refractivity (Wildman–Crippen MR) is 79.1 cm³/mol. The standard InChI is InChI=1S/C17H30NO2/c1-16(2)13-7-8-17(16,3)14(11-13)20-15(19)12-18(4)9-5-6-10-18/h13-14H,5-12H2,1-4H3/q+1/t13-,14+,17-/m0/s1. The minimum Gasteiger partial charge on any atom is -0.458 e. The largest absolute Gasteiger partial charge is 0.458 e. The highest BCUT2D eigenvalue weighted by atomic mass is 16.5. The second-order valence-electron chi connectivity index (χ2n) is 8.52. The number of hydrogen-bond acceptors (Lipinski definition) is 2. The van der Waals surface area contributed by atoms with Crippen LogP contribution in [0.2, 0.25) is 0 Å². The lowest BCUT2D eigenvalue weighted by Crippen LogP contribution is -2.47. The first-order valence-electron chi connectivity index (χ1n) is 8.30. The Morgan fingerprint density at radius 1 is 1.25 bits per heavy atom. The van der Waals surface area contributed by atoms with E-state index in [0.29, 0.717) is 12.0 Å². The first-order chi connectivity index (χ1) is 9.27. The molecule has 0 N–H and O–H groups in total. The van der Waals surface area contributed by atoms with Gasteiger partial charge in [-0.2, -0.15) is 0 Å². The summed E-state index contributed by atoms with van der Waals surface area (Å²) < 4.78 is 6.84. The molecule has 3 heteroatoms. The maximum Gasteiger partial charge on any atom is 0.362 e. The molecule has 0 radical (unpaired) electrons. The van der Waals surface area contributed by atoms with Crippen LogP contribution in [0.1, 0.15) is 52.9 Å². The summed E-state index contributed by atoms with van der Waals surface area (Å²) in [6.45, 7) is 9.90. The number of quaternary nitrogens is 1. The molecule has 0 aromatic rings. The fourth-order valence-electron chi connectivity index (χ4n) is 5.07. The van der Waals surface area contributed by atoms with Gasteiger partial charge in [0.25, 0.3) is 0 Å². The Bertz CT molecular complexity index is 411. The van der Waals surface area contributed by atoms with Gasteiger partial charge in [0.05, 0.1) is 20.1 Å². The number of likely N-dealkylation sites (tertiary alicyclic amines) is 1. The van der Waals surface area contributed by atoms with Crippen LogP contribution < -0.4 is 0 Å². The average Bonchev–Trinajstić information content (AvgIpc) is 2.91. The van der Waals surface area contributed by atoms with E-state index in [4.69, 9.17) is 4.74 Å². The monoisotopic (exact) mass is 280 g/mol.